The Morgan fingerprint density at radius 3 is 2.32 bits per heavy atom. The number of pyridine rings is 1. The molecule has 22 heavy (non-hydrogen) atoms. The summed E-state index contributed by atoms with van der Waals surface area (Å²) in [5, 5.41) is 0.434. The molecule has 0 saturated carbocycles. The van der Waals surface area contributed by atoms with Crippen molar-refractivity contribution in [3.63, 3.8) is 0 Å². The Hall–Kier alpha value is -0.760. The topological polar surface area (TPSA) is 12.9 Å². The van der Waals surface area contributed by atoms with E-state index in [1.807, 2.05) is 11.8 Å². The second-order valence-corrected chi connectivity index (χ2v) is 9.01. The zero-order valence-electron chi connectivity index (χ0n) is 15.4. The molecular weight excluding hydrogens is 286 g/mol. The lowest BCUT2D eigenvalue weighted by molar-refractivity contribution is 0.481. The van der Waals surface area contributed by atoms with Crippen molar-refractivity contribution in [3.05, 3.63) is 39.1 Å². The van der Waals surface area contributed by atoms with Crippen LogP contribution >= 0.6 is 11.8 Å². The number of aryl methyl sites for hydroxylation is 1. The molecule has 1 aliphatic rings. The molecule has 122 valence electrons. The normalized spacial score (nSPS) is 26.1. The minimum atomic E-state index is 0.434. The summed E-state index contributed by atoms with van der Waals surface area (Å²) >= 11 is 1.99. The smallest absolute Gasteiger partial charge is 0.0575 e. The van der Waals surface area contributed by atoms with Crippen molar-refractivity contribution in [1.82, 2.24) is 4.98 Å². The van der Waals surface area contributed by atoms with E-state index >= 15 is 0 Å². The zero-order valence-corrected chi connectivity index (χ0v) is 16.3. The van der Waals surface area contributed by atoms with Gasteiger partial charge in [0.15, 0.2) is 0 Å². The summed E-state index contributed by atoms with van der Waals surface area (Å²) < 4.78 is 0. The summed E-state index contributed by atoms with van der Waals surface area (Å²) in [4.78, 5) is 6.47. The summed E-state index contributed by atoms with van der Waals surface area (Å²) in [6.45, 7) is 18.4. The quantitative estimate of drug-likeness (QED) is 0.598. The molecule has 0 amide bonds. The summed E-state index contributed by atoms with van der Waals surface area (Å²) in [5.41, 5.74) is 7.11. The second kappa shape index (κ2) is 6.78. The molecule has 1 aromatic rings. The van der Waals surface area contributed by atoms with Gasteiger partial charge in [-0.15, -0.1) is 11.8 Å². The van der Waals surface area contributed by atoms with Gasteiger partial charge in [0.25, 0.3) is 0 Å². The lowest BCUT2D eigenvalue weighted by atomic mass is 9.77. The number of hydrogen-bond donors (Lipinski definition) is 0. The van der Waals surface area contributed by atoms with Gasteiger partial charge >= 0.3 is 0 Å². The number of nitrogens with zero attached hydrogens (tertiary/aromatic N) is 1. The van der Waals surface area contributed by atoms with Gasteiger partial charge in [0, 0.05) is 10.9 Å². The largest absolute Gasteiger partial charge is 0.257 e. The summed E-state index contributed by atoms with van der Waals surface area (Å²) in [6.07, 6.45) is 1.17. The highest BCUT2D eigenvalue weighted by Gasteiger charge is 2.29. The third kappa shape index (κ3) is 3.42. The van der Waals surface area contributed by atoms with E-state index in [0.717, 1.165) is 5.69 Å². The highest BCUT2D eigenvalue weighted by Crippen LogP contribution is 2.47. The van der Waals surface area contributed by atoms with Crippen LogP contribution in [-0.4, -0.2) is 4.98 Å². The third-order valence-electron chi connectivity index (χ3n) is 4.91. The number of rotatable bonds is 2. The molecule has 0 aromatic carbocycles. The van der Waals surface area contributed by atoms with Crippen LogP contribution in [0.1, 0.15) is 94.5 Å². The fraction of sp³-hybridized carbons (Fsp3) is 0.650. The van der Waals surface area contributed by atoms with Crippen molar-refractivity contribution in [2.75, 3.05) is 0 Å². The van der Waals surface area contributed by atoms with E-state index in [1.54, 1.807) is 11.1 Å². The van der Waals surface area contributed by atoms with E-state index in [-0.39, 0.29) is 0 Å². The number of aromatic nitrogens is 1. The van der Waals surface area contributed by atoms with Crippen LogP contribution in [0.2, 0.25) is 0 Å². The molecule has 0 radical (unpaired) electrons. The maximum Gasteiger partial charge on any atom is 0.0575 e. The molecule has 1 unspecified atom stereocenters. The Morgan fingerprint density at radius 1 is 1.14 bits per heavy atom. The van der Waals surface area contributed by atoms with E-state index in [1.165, 1.54) is 22.6 Å². The second-order valence-electron chi connectivity index (χ2n) is 7.46. The average Bonchev–Trinajstić information content (AvgIpc) is 2.42. The van der Waals surface area contributed by atoms with Crippen LogP contribution in [0.3, 0.4) is 0 Å². The number of hydrogen-bond acceptors (Lipinski definition) is 2. The molecule has 0 spiro atoms. The van der Waals surface area contributed by atoms with Crippen LogP contribution in [0.15, 0.2) is 16.5 Å². The number of fused-ring (bicyclic) bond motifs is 1. The Balaban J connectivity index is 2.73. The van der Waals surface area contributed by atoms with Crippen molar-refractivity contribution >= 4 is 11.8 Å². The third-order valence-corrected chi connectivity index (χ3v) is 6.19. The molecule has 0 saturated heterocycles. The van der Waals surface area contributed by atoms with E-state index in [9.17, 15) is 0 Å². The van der Waals surface area contributed by atoms with Crippen LogP contribution in [0, 0.1) is 12.8 Å². The monoisotopic (exact) mass is 317 g/mol. The van der Waals surface area contributed by atoms with Crippen molar-refractivity contribution < 1.29 is 0 Å². The maximum atomic E-state index is 4.99. The molecule has 0 N–H and O–H groups in total. The summed E-state index contributed by atoms with van der Waals surface area (Å²) in [6, 6.07) is 2.32. The Labute approximate surface area is 141 Å². The van der Waals surface area contributed by atoms with Crippen LogP contribution in [-0.2, 0) is 0 Å². The molecule has 2 atom stereocenters. The molecule has 2 rings (SSSR count). The molecule has 0 fully saturated rings. The van der Waals surface area contributed by atoms with E-state index in [2.05, 4.69) is 61.5 Å². The van der Waals surface area contributed by atoms with Crippen LogP contribution in [0.4, 0.5) is 0 Å². The molecule has 2 heterocycles. The SMILES string of the molecule is C/C1=C(\C)S[C@@H](C)c2nc(C)cc(C(C)C)c2C(C(C)C)C1. The first-order chi connectivity index (χ1) is 10.2. The lowest BCUT2D eigenvalue weighted by Gasteiger charge is -2.32. The Morgan fingerprint density at radius 2 is 1.77 bits per heavy atom. The van der Waals surface area contributed by atoms with Gasteiger partial charge in [-0.2, -0.15) is 0 Å². The van der Waals surface area contributed by atoms with E-state index in [4.69, 9.17) is 4.98 Å². The van der Waals surface area contributed by atoms with Crippen molar-refractivity contribution in [1.29, 1.82) is 0 Å². The number of allylic oxidation sites excluding steroid dienone is 2. The van der Waals surface area contributed by atoms with Crippen LogP contribution in [0.5, 0.6) is 0 Å². The zero-order chi connectivity index (χ0) is 16.6. The van der Waals surface area contributed by atoms with E-state index < -0.39 is 0 Å². The molecule has 0 aliphatic carbocycles. The van der Waals surface area contributed by atoms with Gasteiger partial charge in [0.1, 0.15) is 0 Å². The summed E-state index contributed by atoms with van der Waals surface area (Å²) in [7, 11) is 0. The maximum absolute atomic E-state index is 4.99. The fourth-order valence-corrected chi connectivity index (χ4v) is 4.60. The van der Waals surface area contributed by atoms with Crippen LogP contribution in [0.25, 0.3) is 0 Å². The number of thioether (sulfide) groups is 1. The van der Waals surface area contributed by atoms with Gasteiger partial charge < -0.3 is 0 Å². The first-order valence-electron chi connectivity index (χ1n) is 8.56. The van der Waals surface area contributed by atoms with Crippen molar-refractivity contribution in [2.24, 2.45) is 5.92 Å². The van der Waals surface area contributed by atoms with E-state index in [0.29, 0.717) is 23.0 Å². The van der Waals surface area contributed by atoms with Gasteiger partial charge in [0.2, 0.25) is 0 Å². The average molecular weight is 318 g/mol. The summed E-state index contributed by atoms with van der Waals surface area (Å²) in [5.74, 6) is 1.77. The standard InChI is InChI=1S/C20H31NS/c1-11(2)17-9-13(5)15(7)22-16(8)20-19(17)18(12(3)4)10-14(6)21-20/h10-12,16-17H,9H2,1-8H3/b15-13-/t16-,17?/m0/s1. The van der Waals surface area contributed by atoms with Gasteiger partial charge in [-0.3, -0.25) is 4.98 Å². The first kappa shape index (κ1) is 17.6. The van der Waals surface area contributed by atoms with Gasteiger partial charge in [0.05, 0.1) is 5.69 Å². The van der Waals surface area contributed by atoms with Gasteiger partial charge in [-0.05, 0) is 74.0 Å². The minimum Gasteiger partial charge on any atom is -0.257 e. The van der Waals surface area contributed by atoms with Crippen molar-refractivity contribution in [3.8, 4) is 0 Å². The fourth-order valence-electron chi connectivity index (χ4n) is 3.49. The van der Waals surface area contributed by atoms with Crippen molar-refractivity contribution in [2.45, 2.75) is 78.9 Å². The van der Waals surface area contributed by atoms with Crippen LogP contribution < -0.4 is 0 Å². The molecule has 1 aromatic heterocycles. The molecular formula is C20H31NS. The van der Waals surface area contributed by atoms with Gasteiger partial charge in [-0.1, -0.05) is 33.3 Å². The highest BCUT2D eigenvalue weighted by atomic mass is 32.2. The minimum absolute atomic E-state index is 0.434. The predicted molar refractivity (Wildman–Crippen MR) is 99.6 cm³/mol. The molecule has 0 bridgehead atoms. The first-order valence-corrected chi connectivity index (χ1v) is 9.44. The van der Waals surface area contributed by atoms with Gasteiger partial charge in [-0.25, -0.2) is 0 Å². The molecule has 1 aliphatic heterocycles. The highest BCUT2D eigenvalue weighted by molar-refractivity contribution is 8.03. The predicted octanol–water partition coefficient (Wildman–Crippen LogP) is 6.74. The molecule has 2 heteroatoms. The lowest BCUT2D eigenvalue weighted by Crippen LogP contribution is -2.18. The Bertz CT molecular complexity index is 584. The molecule has 1 nitrogen and oxygen atoms in total. The Kier molecular flexibility index (Phi) is 5.42.